The maximum Gasteiger partial charge on any atom is 0.226 e. The molecule has 3 aromatic heterocycles. The Kier molecular flexibility index (Phi) is 6.54. The first-order chi connectivity index (χ1) is 17.1. The summed E-state index contributed by atoms with van der Waals surface area (Å²) in [5.74, 6) is -0.0575. The minimum atomic E-state index is -0.161. The molecule has 176 valence electrons. The summed E-state index contributed by atoms with van der Waals surface area (Å²) in [5, 5.41) is 7.04. The Morgan fingerprint density at radius 1 is 1.03 bits per heavy atom. The normalized spacial score (nSPS) is 17.3. The van der Waals surface area contributed by atoms with Crippen molar-refractivity contribution >= 4 is 28.9 Å². The van der Waals surface area contributed by atoms with Gasteiger partial charge < -0.3 is 20.1 Å². The summed E-state index contributed by atoms with van der Waals surface area (Å²) in [4.78, 5) is 23.8. The predicted octanol–water partition coefficient (Wildman–Crippen LogP) is 4.58. The number of carbonyl (C=O) groups is 1. The summed E-state index contributed by atoms with van der Waals surface area (Å²) < 4.78 is 2.19. The van der Waals surface area contributed by atoms with Crippen LogP contribution in [0.2, 0.25) is 0 Å². The lowest BCUT2D eigenvalue weighted by Crippen LogP contribution is -2.33. The minimum absolute atomic E-state index is 0.0575. The summed E-state index contributed by atoms with van der Waals surface area (Å²) in [7, 11) is 0. The van der Waals surface area contributed by atoms with E-state index in [4.69, 9.17) is 12.2 Å². The van der Waals surface area contributed by atoms with Crippen LogP contribution in [0.25, 0.3) is 5.69 Å². The van der Waals surface area contributed by atoms with Gasteiger partial charge in [0.1, 0.15) is 0 Å². The van der Waals surface area contributed by atoms with Gasteiger partial charge >= 0.3 is 0 Å². The fraction of sp³-hybridized carbons (Fsp3) is 0.185. The van der Waals surface area contributed by atoms with Gasteiger partial charge in [-0.3, -0.25) is 14.8 Å². The molecule has 0 bridgehead atoms. The number of carbonyl (C=O) groups excluding carboxylic acids is 1. The Labute approximate surface area is 209 Å². The third kappa shape index (κ3) is 4.79. The molecule has 4 heterocycles. The van der Waals surface area contributed by atoms with Gasteiger partial charge in [0.2, 0.25) is 5.91 Å². The lowest BCUT2D eigenvalue weighted by atomic mass is 10.0. The van der Waals surface area contributed by atoms with E-state index in [0.29, 0.717) is 18.1 Å². The van der Waals surface area contributed by atoms with Crippen molar-refractivity contribution < 1.29 is 4.79 Å². The first-order valence-corrected chi connectivity index (χ1v) is 11.9. The topological polar surface area (TPSA) is 75.1 Å². The van der Waals surface area contributed by atoms with Crippen molar-refractivity contribution in [2.24, 2.45) is 0 Å². The predicted molar refractivity (Wildman–Crippen MR) is 140 cm³/mol. The van der Waals surface area contributed by atoms with Crippen LogP contribution in [-0.2, 0) is 4.79 Å². The zero-order chi connectivity index (χ0) is 24.2. The fourth-order valence-electron chi connectivity index (χ4n) is 4.56. The molecule has 0 saturated carbocycles. The van der Waals surface area contributed by atoms with Crippen molar-refractivity contribution in [3.05, 3.63) is 108 Å². The van der Waals surface area contributed by atoms with Crippen molar-refractivity contribution in [3.8, 4) is 5.69 Å². The number of anilines is 1. The first-order valence-electron chi connectivity index (χ1n) is 11.5. The van der Waals surface area contributed by atoms with Crippen LogP contribution >= 0.6 is 12.2 Å². The molecule has 0 unspecified atom stereocenters. The highest BCUT2D eigenvalue weighted by molar-refractivity contribution is 7.80. The summed E-state index contributed by atoms with van der Waals surface area (Å²) >= 11 is 5.78. The highest BCUT2D eigenvalue weighted by Gasteiger charge is 2.41. The number of aromatic nitrogens is 3. The van der Waals surface area contributed by atoms with Crippen molar-refractivity contribution in [2.75, 3.05) is 11.9 Å². The maximum atomic E-state index is 12.7. The number of rotatable bonds is 7. The molecule has 1 fully saturated rings. The van der Waals surface area contributed by atoms with Crippen LogP contribution in [0, 0.1) is 6.92 Å². The molecule has 1 amide bonds. The third-order valence-corrected chi connectivity index (χ3v) is 6.50. The van der Waals surface area contributed by atoms with Crippen LogP contribution in [0.5, 0.6) is 0 Å². The summed E-state index contributed by atoms with van der Waals surface area (Å²) in [6, 6.07) is 23.2. The molecule has 2 atom stereocenters. The number of aryl methyl sites for hydroxylation is 1. The van der Waals surface area contributed by atoms with Gasteiger partial charge in [-0.05, 0) is 67.7 Å². The number of hydrogen-bond donors (Lipinski definition) is 2. The molecule has 4 aromatic rings. The quantitative estimate of drug-likeness (QED) is 0.376. The van der Waals surface area contributed by atoms with Crippen molar-refractivity contribution in [1.29, 1.82) is 0 Å². The van der Waals surface area contributed by atoms with Crippen LogP contribution in [0.4, 0.5) is 5.69 Å². The van der Waals surface area contributed by atoms with Gasteiger partial charge in [0.25, 0.3) is 0 Å². The Hall–Kier alpha value is -4.04. The van der Waals surface area contributed by atoms with Crippen LogP contribution < -0.4 is 10.6 Å². The van der Waals surface area contributed by atoms with Crippen LogP contribution in [0.15, 0.2) is 91.4 Å². The molecule has 35 heavy (non-hydrogen) atoms. The largest absolute Gasteiger partial charge is 0.352 e. The van der Waals surface area contributed by atoms with Gasteiger partial charge in [0, 0.05) is 42.4 Å². The summed E-state index contributed by atoms with van der Waals surface area (Å²) in [6.07, 6.45) is 5.71. The standard InChI is InChI=1S/C27H26N6OS/c1-19-12-13-23(33(19)21-10-7-15-28-18-21)26-25(22-11-5-6-16-29-22)31-27(35)32(26)17-14-24(34)30-20-8-3-2-4-9-20/h2-13,15-16,18,25-26H,14,17H2,1H3,(H,30,34)(H,31,35)/t25-,26+/m1/s1. The molecule has 7 nitrogen and oxygen atoms in total. The van der Waals surface area contributed by atoms with E-state index in [9.17, 15) is 4.79 Å². The SMILES string of the molecule is Cc1ccc([C@H]2[C@@H](c3ccccn3)NC(=S)N2CCC(=O)Nc2ccccc2)n1-c1cccnc1. The zero-order valence-corrected chi connectivity index (χ0v) is 20.2. The van der Waals surface area contributed by atoms with E-state index in [1.165, 1.54) is 0 Å². The van der Waals surface area contributed by atoms with E-state index in [1.54, 1.807) is 12.4 Å². The molecule has 1 aliphatic rings. The van der Waals surface area contributed by atoms with E-state index < -0.39 is 0 Å². The number of nitrogens with zero attached hydrogens (tertiary/aromatic N) is 4. The molecule has 0 radical (unpaired) electrons. The van der Waals surface area contributed by atoms with Gasteiger partial charge in [0.05, 0.1) is 29.7 Å². The zero-order valence-electron chi connectivity index (χ0n) is 19.3. The molecule has 0 spiro atoms. The van der Waals surface area contributed by atoms with Gasteiger partial charge in [0.15, 0.2) is 5.11 Å². The molecular weight excluding hydrogens is 456 g/mol. The second kappa shape index (κ2) is 10.1. The monoisotopic (exact) mass is 482 g/mol. The van der Waals surface area contributed by atoms with Crippen LogP contribution in [0.3, 0.4) is 0 Å². The Morgan fingerprint density at radius 3 is 2.60 bits per heavy atom. The molecule has 8 heteroatoms. The van der Waals surface area contributed by atoms with Crippen LogP contribution in [-0.4, -0.2) is 37.0 Å². The second-order valence-electron chi connectivity index (χ2n) is 8.43. The maximum absolute atomic E-state index is 12.7. The summed E-state index contributed by atoms with van der Waals surface area (Å²) in [5.41, 5.74) is 4.80. The highest BCUT2D eigenvalue weighted by atomic mass is 32.1. The Bertz CT molecular complexity index is 1310. The van der Waals surface area contributed by atoms with Gasteiger partial charge in [-0.25, -0.2) is 0 Å². The Balaban J connectivity index is 1.47. The Morgan fingerprint density at radius 2 is 1.86 bits per heavy atom. The fourth-order valence-corrected chi connectivity index (χ4v) is 4.89. The summed E-state index contributed by atoms with van der Waals surface area (Å²) in [6.45, 7) is 2.54. The highest BCUT2D eigenvalue weighted by Crippen LogP contribution is 2.40. The number of pyridine rings is 2. The number of nitrogens with one attached hydrogen (secondary N) is 2. The van der Waals surface area contributed by atoms with Gasteiger partial charge in [-0.2, -0.15) is 0 Å². The number of thiocarbonyl (C=S) groups is 1. The molecular formula is C27H26N6OS. The molecule has 5 rings (SSSR count). The van der Waals surface area contributed by atoms with Crippen LogP contribution in [0.1, 0.15) is 35.6 Å². The van der Waals surface area contributed by atoms with E-state index in [-0.39, 0.29) is 18.0 Å². The van der Waals surface area contributed by atoms with Gasteiger partial charge in [-0.15, -0.1) is 0 Å². The molecule has 1 aliphatic heterocycles. The third-order valence-electron chi connectivity index (χ3n) is 6.15. The number of benzene rings is 1. The number of amides is 1. The van der Waals surface area contributed by atoms with Crippen molar-refractivity contribution in [1.82, 2.24) is 24.8 Å². The van der Waals surface area contributed by atoms with E-state index in [2.05, 4.69) is 49.1 Å². The minimum Gasteiger partial charge on any atom is -0.352 e. The molecule has 1 aromatic carbocycles. The molecule has 2 N–H and O–H groups in total. The molecule has 1 saturated heterocycles. The number of para-hydroxylation sites is 1. The van der Waals surface area contributed by atoms with E-state index in [1.807, 2.05) is 66.9 Å². The lowest BCUT2D eigenvalue weighted by Gasteiger charge is -2.29. The first kappa shape index (κ1) is 22.7. The van der Waals surface area contributed by atoms with E-state index in [0.717, 1.165) is 28.5 Å². The average molecular weight is 483 g/mol. The average Bonchev–Trinajstić information content (AvgIpc) is 3.43. The van der Waals surface area contributed by atoms with Gasteiger partial charge in [-0.1, -0.05) is 24.3 Å². The molecule has 0 aliphatic carbocycles. The number of hydrogen-bond acceptors (Lipinski definition) is 4. The van der Waals surface area contributed by atoms with Crippen molar-refractivity contribution in [3.63, 3.8) is 0 Å². The van der Waals surface area contributed by atoms with Crippen molar-refractivity contribution in [2.45, 2.75) is 25.4 Å². The van der Waals surface area contributed by atoms with E-state index >= 15 is 0 Å². The smallest absolute Gasteiger partial charge is 0.226 e. The lowest BCUT2D eigenvalue weighted by molar-refractivity contribution is -0.116. The second-order valence-corrected chi connectivity index (χ2v) is 8.82.